The number of anilines is 1. The molecular weight excluding hydrogens is 312 g/mol. The lowest BCUT2D eigenvalue weighted by atomic mass is 10.1. The number of hydrogen-bond donors (Lipinski definition) is 2. The smallest absolute Gasteiger partial charge is 0.327 e. The van der Waals surface area contributed by atoms with Crippen molar-refractivity contribution in [1.29, 1.82) is 0 Å². The fourth-order valence-electron chi connectivity index (χ4n) is 2.31. The van der Waals surface area contributed by atoms with Crippen molar-refractivity contribution in [3.63, 3.8) is 0 Å². The number of halogens is 1. The van der Waals surface area contributed by atoms with E-state index in [2.05, 4.69) is 0 Å². The number of benzene rings is 1. The van der Waals surface area contributed by atoms with Crippen LogP contribution >= 0.6 is 23.4 Å². The van der Waals surface area contributed by atoms with Gasteiger partial charge in [0.25, 0.3) is 5.91 Å². The molecule has 0 aliphatic carbocycles. The standard InChI is InChI=1S/C14H17ClN2O3S/c1-7(2)13-17(11(6-21-13)14(19)20)12(18)8-3-4-9(15)10(16)5-8/h3-5,7,11,13H,6,16H2,1-2H3,(H,19,20). The summed E-state index contributed by atoms with van der Waals surface area (Å²) in [6, 6.07) is 3.80. The molecule has 3 N–H and O–H groups in total. The molecule has 21 heavy (non-hydrogen) atoms. The number of carboxylic acids is 1. The lowest BCUT2D eigenvalue weighted by molar-refractivity contribution is -0.141. The number of hydrogen-bond acceptors (Lipinski definition) is 4. The Bertz CT molecular complexity index is 579. The Kier molecular flexibility index (Phi) is 4.68. The van der Waals surface area contributed by atoms with Crippen molar-refractivity contribution in [3.8, 4) is 0 Å². The van der Waals surface area contributed by atoms with E-state index in [1.165, 1.54) is 22.7 Å². The molecular formula is C14H17ClN2O3S. The van der Waals surface area contributed by atoms with Crippen LogP contribution in [-0.4, -0.2) is 39.1 Å². The third-order valence-electron chi connectivity index (χ3n) is 3.37. The third kappa shape index (κ3) is 3.11. The van der Waals surface area contributed by atoms with E-state index < -0.39 is 12.0 Å². The van der Waals surface area contributed by atoms with Crippen LogP contribution in [0.4, 0.5) is 5.69 Å². The van der Waals surface area contributed by atoms with Gasteiger partial charge in [-0.15, -0.1) is 11.8 Å². The molecule has 1 fully saturated rings. The maximum absolute atomic E-state index is 12.7. The lowest BCUT2D eigenvalue weighted by Gasteiger charge is -2.29. The molecule has 1 amide bonds. The second kappa shape index (κ2) is 6.15. The minimum absolute atomic E-state index is 0.157. The van der Waals surface area contributed by atoms with Crippen LogP contribution in [0.5, 0.6) is 0 Å². The van der Waals surface area contributed by atoms with Gasteiger partial charge in [0.2, 0.25) is 0 Å². The molecule has 5 nitrogen and oxygen atoms in total. The van der Waals surface area contributed by atoms with Gasteiger partial charge < -0.3 is 15.7 Å². The molecule has 2 rings (SSSR count). The van der Waals surface area contributed by atoms with E-state index in [9.17, 15) is 14.7 Å². The number of carbonyl (C=O) groups is 2. The molecule has 0 aromatic heterocycles. The highest BCUT2D eigenvalue weighted by atomic mass is 35.5. The van der Waals surface area contributed by atoms with E-state index in [0.717, 1.165) is 0 Å². The summed E-state index contributed by atoms with van der Waals surface area (Å²) in [5.74, 6) is -0.754. The molecule has 1 saturated heterocycles. The molecule has 0 spiro atoms. The summed E-state index contributed by atoms with van der Waals surface area (Å²) in [4.78, 5) is 25.5. The number of nitrogen functional groups attached to an aromatic ring is 1. The minimum Gasteiger partial charge on any atom is -0.480 e. The highest BCUT2D eigenvalue weighted by Crippen LogP contribution is 2.35. The van der Waals surface area contributed by atoms with Crippen LogP contribution in [0.2, 0.25) is 5.02 Å². The zero-order chi connectivity index (χ0) is 15.7. The third-order valence-corrected chi connectivity index (χ3v) is 5.33. The molecule has 0 saturated carbocycles. The van der Waals surface area contributed by atoms with Crippen molar-refractivity contribution in [2.24, 2.45) is 5.92 Å². The van der Waals surface area contributed by atoms with E-state index in [4.69, 9.17) is 17.3 Å². The second-order valence-corrected chi connectivity index (χ2v) is 6.83. The van der Waals surface area contributed by atoms with Gasteiger partial charge in [0.05, 0.1) is 16.1 Å². The number of amides is 1. The summed E-state index contributed by atoms with van der Waals surface area (Å²) in [6.45, 7) is 3.94. The number of carboxylic acid groups (broad SMARTS) is 1. The predicted molar refractivity (Wildman–Crippen MR) is 84.5 cm³/mol. The summed E-state index contributed by atoms with van der Waals surface area (Å²) in [5.41, 5.74) is 6.39. The van der Waals surface area contributed by atoms with E-state index in [1.807, 2.05) is 13.8 Å². The Hall–Kier alpha value is -1.40. The van der Waals surface area contributed by atoms with Crippen LogP contribution < -0.4 is 5.73 Å². The van der Waals surface area contributed by atoms with E-state index in [-0.39, 0.29) is 17.2 Å². The van der Waals surface area contributed by atoms with Crippen molar-refractivity contribution in [1.82, 2.24) is 4.90 Å². The normalized spacial score (nSPS) is 21.8. The van der Waals surface area contributed by atoms with Gasteiger partial charge in [-0.2, -0.15) is 0 Å². The largest absolute Gasteiger partial charge is 0.480 e. The van der Waals surface area contributed by atoms with Crippen LogP contribution in [0.3, 0.4) is 0 Å². The Labute approximate surface area is 132 Å². The van der Waals surface area contributed by atoms with Crippen LogP contribution in [-0.2, 0) is 4.79 Å². The number of aliphatic carboxylic acids is 1. The zero-order valence-electron chi connectivity index (χ0n) is 11.7. The average molecular weight is 329 g/mol. The van der Waals surface area contributed by atoms with Crippen LogP contribution in [0.25, 0.3) is 0 Å². The maximum atomic E-state index is 12.7. The summed E-state index contributed by atoms with van der Waals surface area (Å²) in [6.07, 6.45) is 0. The number of nitrogens with two attached hydrogens (primary N) is 1. The topological polar surface area (TPSA) is 83.6 Å². The first-order valence-electron chi connectivity index (χ1n) is 6.55. The number of carbonyl (C=O) groups excluding carboxylic acids is 1. The summed E-state index contributed by atoms with van der Waals surface area (Å²) in [7, 11) is 0. The van der Waals surface area contributed by atoms with E-state index in [1.54, 1.807) is 12.1 Å². The van der Waals surface area contributed by atoms with Crippen molar-refractivity contribution in [3.05, 3.63) is 28.8 Å². The highest BCUT2D eigenvalue weighted by molar-refractivity contribution is 8.00. The van der Waals surface area contributed by atoms with Crippen LogP contribution in [0.1, 0.15) is 24.2 Å². The minimum atomic E-state index is -0.985. The van der Waals surface area contributed by atoms with Gasteiger partial charge in [0, 0.05) is 11.3 Å². The molecule has 2 atom stereocenters. The maximum Gasteiger partial charge on any atom is 0.327 e. The molecule has 0 bridgehead atoms. The Morgan fingerprint density at radius 2 is 2.14 bits per heavy atom. The molecule has 1 aromatic rings. The quantitative estimate of drug-likeness (QED) is 0.833. The van der Waals surface area contributed by atoms with Crippen molar-refractivity contribution in [2.75, 3.05) is 11.5 Å². The molecule has 2 unspecified atom stereocenters. The summed E-state index contributed by atoms with van der Waals surface area (Å²) in [5, 5.41) is 9.54. The summed E-state index contributed by atoms with van der Waals surface area (Å²) < 4.78 is 0. The molecule has 1 heterocycles. The Morgan fingerprint density at radius 3 is 2.67 bits per heavy atom. The number of thioether (sulfide) groups is 1. The SMILES string of the molecule is CC(C)C1SCC(C(=O)O)N1C(=O)c1ccc(Cl)c(N)c1. The van der Waals surface area contributed by atoms with Gasteiger partial charge in [0.1, 0.15) is 6.04 Å². The van der Waals surface area contributed by atoms with E-state index >= 15 is 0 Å². The molecule has 1 aliphatic heterocycles. The fraction of sp³-hybridized carbons (Fsp3) is 0.429. The van der Waals surface area contributed by atoms with Crippen LogP contribution in [0, 0.1) is 5.92 Å². The zero-order valence-corrected chi connectivity index (χ0v) is 13.3. The first-order valence-corrected chi connectivity index (χ1v) is 7.97. The van der Waals surface area contributed by atoms with Gasteiger partial charge in [-0.05, 0) is 24.1 Å². The van der Waals surface area contributed by atoms with Gasteiger partial charge in [-0.25, -0.2) is 4.79 Å². The predicted octanol–water partition coefficient (Wildman–Crippen LogP) is 2.55. The fourth-order valence-corrected chi connectivity index (χ4v) is 3.90. The van der Waals surface area contributed by atoms with Crippen molar-refractivity contribution in [2.45, 2.75) is 25.3 Å². The Morgan fingerprint density at radius 1 is 1.48 bits per heavy atom. The van der Waals surface area contributed by atoms with Crippen LogP contribution in [0.15, 0.2) is 18.2 Å². The molecule has 1 aromatic carbocycles. The van der Waals surface area contributed by atoms with Gasteiger partial charge >= 0.3 is 5.97 Å². The van der Waals surface area contributed by atoms with Crippen molar-refractivity contribution < 1.29 is 14.7 Å². The van der Waals surface area contributed by atoms with E-state index in [0.29, 0.717) is 22.0 Å². The van der Waals surface area contributed by atoms with Gasteiger partial charge in [-0.1, -0.05) is 25.4 Å². The second-order valence-electron chi connectivity index (χ2n) is 5.27. The molecule has 114 valence electrons. The average Bonchev–Trinajstić information content (AvgIpc) is 2.86. The first kappa shape index (κ1) is 16.0. The number of rotatable bonds is 3. The number of nitrogens with zero attached hydrogens (tertiary/aromatic N) is 1. The monoisotopic (exact) mass is 328 g/mol. The molecule has 0 radical (unpaired) electrons. The summed E-state index contributed by atoms with van der Waals surface area (Å²) >= 11 is 7.35. The molecule has 7 heteroatoms. The first-order chi connectivity index (χ1) is 9.82. The molecule has 1 aliphatic rings. The van der Waals surface area contributed by atoms with Gasteiger partial charge in [-0.3, -0.25) is 4.79 Å². The highest BCUT2D eigenvalue weighted by Gasteiger charge is 2.43. The van der Waals surface area contributed by atoms with Crippen molar-refractivity contribution >= 4 is 40.9 Å². The lowest BCUT2D eigenvalue weighted by Crippen LogP contribution is -2.47. The Balaban J connectivity index is 2.36. The van der Waals surface area contributed by atoms with Gasteiger partial charge in [0.15, 0.2) is 0 Å².